The third kappa shape index (κ3) is 2.97. The van der Waals surface area contributed by atoms with Crippen molar-refractivity contribution in [1.82, 2.24) is 0 Å². The van der Waals surface area contributed by atoms with E-state index >= 15 is 0 Å². The normalized spacial score (nSPS) is 22.0. The molecule has 1 rings (SSSR count). The lowest BCUT2D eigenvalue weighted by Crippen LogP contribution is -1.98. The summed E-state index contributed by atoms with van der Waals surface area (Å²) in [7, 11) is 0. The molecule has 0 heterocycles. The molecule has 0 unspecified atom stereocenters. The molecule has 2 heteroatoms. The van der Waals surface area contributed by atoms with Crippen LogP contribution in [0, 0.1) is 0 Å². The maximum Gasteiger partial charge on any atom is 0.123 e. The van der Waals surface area contributed by atoms with E-state index in [1.807, 2.05) is 0 Å². The van der Waals surface area contributed by atoms with Gasteiger partial charge in [-0.15, -0.1) is 17.2 Å². The summed E-state index contributed by atoms with van der Waals surface area (Å²) < 4.78 is 0.953. The number of rotatable bonds is 0. The summed E-state index contributed by atoms with van der Waals surface area (Å²) in [5.74, 6) is 0. The van der Waals surface area contributed by atoms with Gasteiger partial charge in [0, 0.05) is 0 Å². The van der Waals surface area contributed by atoms with Gasteiger partial charge in [0.25, 0.3) is 0 Å². The van der Waals surface area contributed by atoms with Crippen molar-refractivity contribution < 1.29 is 0 Å². The van der Waals surface area contributed by atoms with Gasteiger partial charge in [0.15, 0.2) is 0 Å². The Kier molecular flexibility index (Phi) is 5.16. The Balaban J connectivity index is 0.000000490. The molecule has 0 spiro atoms. The van der Waals surface area contributed by atoms with Crippen molar-refractivity contribution in [2.75, 3.05) is 0 Å². The van der Waals surface area contributed by atoms with Gasteiger partial charge in [-0.1, -0.05) is 32.1 Å². The highest BCUT2D eigenvalue weighted by Crippen LogP contribution is 2.24. The van der Waals surface area contributed by atoms with Gasteiger partial charge in [-0.2, -0.15) is 0 Å². The molecular weight excluding hydrogens is 135 g/mol. The van der Waals surface area contributed by atoms with Gasteiger partial charge < -0.3 is 0 Å². The summed E-state index contributed by atoms with van der Waals surface area (Å²) in [6, 6.07) is 0. The predicted octanol–water partition coefficient (Wildman–Crippen LogP) is 2.33. The predicted molar refractivity (Wildman–Crippen MR) is 39.8 cm³/mol. The molecule has 8 heavy (non-hydrogen) atoms. The zero-order valence-electron chi connectivity index (χ0n) is 5.10. The van der Waals surface area contributed by atoms with E-state index in [1.54, 1.807) is 0 Å². The van der Waals surface area contributed by atoms with E-state index in [-0.39, 0.29) is 12.4 Å². The van der Waals surface area contributed by atoms with Crippen LogP contribution in [0.4, 0.5) is 0 Å². The van der Waals surface area contributed by atoms with Crippen molar-refractivity contribution in [3.8, 4) is 0 Å². The monoisotopic (exact) mass is 146 g/mol. The zero-order chi connectivity index (χ0) is 5.11. The van der Waals surface area contributed by atoms with Crippen LogP contribution >= 0.6 is 12.4 Å². The number of halogens is 1. The molecule has 1 aliphatic rings. The maximum atomic E-state index is 2.91. The minimum atomic E-state index is 0. The Morgan fingerprint density at radius 3 is 1.75 bits per heavy atom. The maximum absolute atomic E-state index is 2.91. The first kappa shape index (κ1) is 8.82. The molecule has 0 aliphatic heterocycles. The van der Waals surface area contributed by atoms with Gasteiger partial charge in [-0.3, -0.25) is 0 Å². The van der Waals surface area contributed by atoms with Crippen LogP contribution in [0.25, 0.3) is 0 Å². The molecule has 1 saturated carbocycles. The summed E-state index contributed by atoms with van der Waals surface area (Å²) in [5.41, 5.74) is 0. The van der Waals surface area contributed by atoms with E-state index in [9.17, 15) is 0 Å². The molecule has 0 atom stereocenters. The molecule has 1 fully saturated rings. The average Bonchev–Trinajstić information content (AvgIpc) is 1.69. The first-order valence-corrected chi connectivity index (χ1v) is 3.82. The largest absolute Gasteiger partial charge is 0.147 e. The van der Waals surface area contributed by atoms with Crippen molar-refractivity contribution in [2.24, 2.45) is 0 Å². The second kappa shape index (κ2) is 4.68. The van der Waals surface area contributed by atoms with Crippen LogP contribution in [0.15, 0.2) is 0 Å². The van der Waals surface area contributed by atoms with Gasteiger partial charge in [-0.05, 0) is 0 Å². The molecule has 0 saturated heterocycles. The van der Waals surface area contributed by atoms with Crippen LogP contribution in [0.5, 0.6) is 0 Å². The third-order valence-corrected chi connectivity index (χ3v) is 2.32. The Morgan fingerprint density at radius 2 is 1.50 bits per heavy atom. The van der Waals surface area contributed by atoms with Gasteiger partial charge in [-0.25, -0.2) is 0 Å². The summed E-state index contributed by atoms with van der Waals surface area (Å²) >= 11 is 2.91. The molecule has 0 aromatic heterocycles. The Bertz CT molecular complexity index is 50.5. The van der Waals surface area contributed by atoms with Crippen LogP contribution in [0.2, 0.25) is 4.78 Å². The Morgan fingerprint density at radius 1 is 1.00 bits per heavy atom. The van der Waals surface area contributed by atoms with Crippen LogP contribution < -0.4 is 0 Å². The lowest BCUT2D eigenvalue weighted by molar-refractivity contribution is 0.504. The van der Waals surface area contributed by atoms with Crippen LogP contribution in [0.1, 0.15) is 32.1 Å². The second-order valence-corrected chi connectivity index (χ2v) is 3.34. The van der Waals surface area contributed by atoms with Gasteiger partial charge in [0.1, 0.15) is 16.3 Å². The van der Waals surface area contributed by atoms with E-state index in [0.29, 0.717) is 0 Å². The Hall–Kier alpha value is 0.822. The number of hydrogen-bond acceptors (Lipinski definition) is 0. The molecule has 46 valence electrons. The van der Waals surface area contributed by atoms with Gasteiger partial charge in [0.2, 0.25) is 0 Å². The lowest BCUT2D eigenvalue weighted by Gasteiger charge is -2.16. The number of hydrogen-bond donors (Lipinski definition) is 0. The van der Waals surface area contributed by atoms with Gasteiger partial charge in [0.05, 0.1) is 0 Å². The van der Waals surface area contributed by atoms with E-state index < -0.39 is 0 Å². The summed E-state index contributed by atoms with van der Waals surface area (Å²) in [6.45, 7) is 0. The summed E-state index contributed by atoms with van der Waals surface area (Å²) in [4.78, 5) is 0. The zero-order valence-corrected chi connectivity index (χ0v) is 7.07. The molecule has 0 aromatic rings. The van der Waals surface area contributed by atoms with Crippen molar-refractivity contribution >= 4 is 28.7 Å². The topological polar surface area (TPSA) is 0 Å². The van der Waals surface area contributed by atoms with E-state index in [4.69, 9.17) is 0 Å². The first-order valence-electron chi connectivity index (χ1n) is 3.15. The summed E-state index contributed by atoms with van der Waals surface area (Å²) in [6.07, 6.45) is 7.31. The average molecular weight is 147 g/mol. The fourth-order valence-electron chi connectivity index (χ4n) is 1.13. The highest BCUT2D eigenvalue weighted by Gasteiger charge is 2.05. The van der Waals surface area contributed by atoms with E-state index in [2.05, 4.69) is 16.3 Å². The van der Waals surface area contributed by atoms with Crippen molar-refractivity contribution in [3.63, 3.8) is 0 Å². The first-order chi connectivity index (χ1) is 3.39. The summed E-state index contributed by atoms with van der Waals surface area (Å²) in [5, 5.41) is 0. The molecule has 0 nitrogen and oxygen atoms in total. The molecule has 2 radical (unpaired) electrons. The minimum absolute atomic E-state index is 0. The second-order valence-electron chi connectivity index (χ2n) is 2.40. The SMILES string of the molecule is Cl.[Al][CH]1CCCCC1. The van der Waals surface area contributed by atoms with Crippen molar-refractivity contribution in [2.45, 2.75) is 36.9 Å². The molecule has 0 amide bonds. The van der Waals surface area contributed by atoms with Crippen molar-refractivity contribution in [3.05, 3.63) is 0 Å². The lowest BCUT2D eigenvalue weighted by atomic mass is 10.0. The molecule has 1 aliphatic carbocycles. The van der Waals surface area contributed by atoms with Crippen LogP contribution in [-0.4, -0.2) is 16.3 Å². The molecule has 0 N–H and O–H groups in total. The van der Waals surface area contributed by atoms with E-state index in [1.165, 1.54) is 32.1 Å². The highest BCUT2D eigenvalue weighted by molar-refractivity contribution is 6.11. The smallest absolute Gasteiger partial charge is 0.123 e. The minimum Gasteiger partial charge on any atom is -0.147 e. The third-order valence-electron chi connectivity index (χ3n) is 1.65. The Labute approximate surface area is 65.9 Å². The molecular formula is C6H12AlCl. The molecule has 0 aromatic carbocycles. The molecule has 0 bridgehead atoms. The van der Waals surface area contributed by atoms with Crippen LogP contribution in [0.3, 0.4) is 0 Å². The standard InChI is InChI=1S/C6H11.Al.ClH/c1-2-4-6-5-3-1;;/h1H,2-6H2;;1H. The fourth-order valence-corrected chi connectivity index (χ4v) is 1.61. The van der Waals surface area contributed by atoms with E-state index in [0.717, 1.165) is 4.78 Å². The fraction of sp³-hybridized carbons (Fsp3) is 1.00. The quantitative estimate of drug-likeness (QED) is 0.460. The van der Waals surface area contributed by atoms with Crippen LogP contribution in [-0.2, 0) is 0 Å². The van der Waals surface area contributed by atoms with Crippen molar-refractivity contribution in [1.29, 1.82) is 0 Å². The highest BCUT2D eigenvalue weighted by atomic mass is 35.5. The van der Waals surface area contributed by atoms with Gasteiger partial charge >= 0.3 is 0 Å².